The largest absolute Gasteiger partial charge is 0.337 e. The molecular formula is C13H10Cl2FN3O. The van der Waals surface area contributed by atoms with Gasteiger partial charge in [0.1, 0.15) is 5.82 Å². The van der Waals surface area contributed by atoms with Crippen LogP contribution in [0.4, 0.5) is 4.39 Å². The number of rotatable bonds is 3. The van der Waals surface area contributed by atoms with Crippen molar-refractivity contribution in [2.45, 2.75) is 6.54 Å². The molecule has 4 nitrogen and oxygen atoms in total. The summed E-state index contributed by atoms with van der Waals surface area (Å²) in [5.74, 6) is -0.779. The zero-order valence-corrected chi connectivity index (χ0v) is 12.0. The van der Waals surface area contributed by atoms with Gasteiger partial charge < -0.3 is 4.90 Å². The number of aromatic nitrogens is 2. The van der Waals surface area contributed by atoms with Crippen LogP contribution < -0.4 is 0 Å². The van der Waals surface area contributed by atoms with Crippen LogP contribution in [0.25, 0.3) is 0 Å². The van der Waals surface area contributed by atoms with Crippen LogP contribution >= 0.6 is 23.2 Å². The minimum atomic E-state index is -0.407. The molecule has 0 aliphatic rings. The number of hydrogen-bond acceptors (Lipinski definition) is 3. The average Bonchev–Trinajstić information content (AvgIpc) is 2.43. The van der Waals surface area contributed by atoms with Gasteiger partial charge in [-0.2, -0.15) is 0 Å². The van der Waals surface area contributed by atoms with E-state index < -0.39 is 5.91 Å². The molecule has 0 aliphatic carbocycles. The van der Waals surface area contributed by atoms with Gasteiger partial charge in [-0.05, 0) is 12.1 Å². The molecule has 1 aromatic carbocycles. The van der Waals surface area contributed by atoms with Crippen molar-refractivity contribution in [1.82, 2.24) is 15.1 Å². The second-order valence-electron chi connectivity index (χ2n) is 4.12. The quantitative estimate of drug-likeness (QED) is 0.874. The topological polar surface area (TPSA) is 46.1 Å². The molecule has 0 atom stereocenters. The summed E-state index contributed by atoms with van der Waals surface area (Å²) < 4.78 is 13.6. The molecular weight excluding hydrogens is 304 g/mol. The van der Waals surface area contributed by atoms with E-state index in [1.54, 1.807) is 25.2 Å². The van der Waals surface area contributed by atoms with Crippen molar-refractivity contribution >= 4 is 29.1 Å². The van der Waals surface area contributed by atoms with E-state index in [1.807, 2.05) is 0 Å². The van der Waals surface area contributed by atoms with Crippen molar-refractivity contribution in [1.29, 1.82) is 0 Å². The van der Waals surface area contributed by atoms with E-state index in [4.69, 9.17) is 23.2 Å². The van der Waals surface area contributed by atoms with Gasteiger partial charge in [0.25, 0.3) is 5.91 Å². The van der Waals surface area contributed by atoms with Crippen LogP contribution in [0, 0.1) is 5.82 Å². The minimum absolute atomic E-state index is 0.0419. The summed E-state index contributed by atoms with van der Waals surface area (Å²) in [6.45, 7) is 0.113. The van der Waals surface area contributed by atoms with Crippen molar-refractivity contribution in [2.75, 3.05) is 7.05 Å². The molecule has 0 unspecified atom stereocenters. The van der Waals surface area contributed by atoms with Gasteiger partial charge in [0, 0.05) is 19.2 Å². The molecule has 0 radical (unpaired) electrons. The zero-order chi connectivity index (χ0) is 14.7. The normalized spacial score (nSPS) is 10.4. The monoisotopic (exact) mass is 313 g/mol. The SMILES string of the molecule is CN(Cc1ccccc1F)C(=O)c1cc(Cl)nnc1Cl. The summed E-state index contributed by atoms with van der Waals surface area (Å²) in [5, 5.41) is 7.13. The molecule has 1 amide bonds. The Balaban J connectivity index is 2.21. The maximum absolute atomic E-state index is 13.6. The van der Waals surface area contributed by atoms with Crippen LogP contribution in [0.15, 0.2) is 30.3 Å². The molecule has 0 spiro atoms. The molecule has 104 valence electrons. The van der Waals surface area contributed by atoms with Gasteiger partial charge in [-0.25, -0.2) is 4.39 Å². The molecule has 0 N–H and O–H groups in total. The van der Waals surface area contributed by atoms with E-state index >= 15 is 0 Å². The lowest BCUT2D eigenvalue weighted by atomic mass is 10.2. The van der Waals surface area contributed by atoms with Gasteiger partial charge in [0.05, 0.1) is 5.56 Å². The summed E-state index contributed by atoms with van der Waals surface area (Å²) in [7, 11) is 1.54. The number of nitrogens with zero attached hydrogens (tertiary/aromatic N) is 3. The van der Waals surface area contributed by atoms with Crippen LogP contribution in [0.3, 0.4) is 0 Å². The fourth-order valence-corrected chi connectivity index (χ4v) is 1.98. The Bertz CT molecular complexity index is 651. The van der Waals surface area contributed by atoms with Gasteiger partial charge in [-0.1, -0.05) is 41.4 Å². The zero-order valence-electron chi connectivity index (χ0n) is 10.5. The van der Waals surface area contributed by atoms with Crippen LogP contribution in [0.1, 0.15) is 15.9 Å². The molecule has 0 aliphatic heterocycles. The number of carbonyl (C=O) groups is 1. The summed E-state index contributed by atoms with van der Waals surface area (Å²) in [4.78, 5) is 13.6. The van der Waals surface area contributed by atoms with E-state index in [0.717, 1.165) is 0 Å². The Morgan fingerprint density at radius 3 is 2.70 bits per heavy atom. The molecule has 0 saturated carbocycles. The van der Waals surface area contributed by atoms with E-state index in [1.165, 1.54) is 17.0 Å². The first-order valence-electron chi connectivity index (χ1n) is 5.66. The van der Waals surface area contributed by atoms with E-state index in [2.05, 4.69) is 10.2 Å². The van der Waals surface area contributed by atoms with Gasteiger partial charge in [-0.15, -0.1) is 10.2 Å². The number of hydrogen-bond donors (Lipinski definition) is 0. The van der Waals surface area contributed by atoms with Gasteiger partial charge in [0.15, 0.2) is 10.3 Å². The van der Waals surface area contributed by atoms with Crippen molar-refractivity contribution < 1.29 is 9.18 Å². The fourth-order valence-electron chi connectivity index (χ4n) is 1.66. The molecule has 0 fully saturated rings. The molecule has 20 heavy (non-hydrogen) atoms. The summed E-state index contributed by atoms with van der Waals surface area (Å²) in [6.07, 6.45) is 0. The molecule has 0 bridgehead atoms. The number of halogens is 3. The smallest absolute Gasteiger partial charge is 0.257 e. The first-order chi connectivity index (χ1) is 9.49. The molecule has 1 heterocycles. The van der Waals surface area contributed by atoms with Crippen LogP contribution in [-0.4, -0.2) is 28.1 Å². The highest BCUT2D eigenvalue weighted by molar-refractivity contribution is 6.34. The lowest BCUT2D eigenvalue weighted by Crippen LogP contribution is -2.27. The van der Waals surface area contributed by atoms with Crippen molar-refractivity contribution in [3.8, 4) is 0 Å². The van der Waals surface area contributed by atoms with Gasteiger partial charge in [-0.3, -0.25) is 4.79 Å². The van der Waals surface area contributed by atoms with Crippen LogP contribution in [0.2, 0.25) is 10.3 Å². The standard InChI is InChI=1S/C13H10Cl2FN3O/c1-19(7-8-4-2-3-5-10(8)16)13(20)9-6-11(14)17-18-12(9)15/h2-6H,7H2,1H3. The molecule has 0 saturated heterocycles. The first-order valence-corrected chi connectivity index (χ1v) is 6.42. The van der Waals surface area contributed by atoms with Crippen LogP contribution in [0.5, 0.6) is 0 Å². The van der Waals surface area contributed by atoms with E-state index in [0.29, 0.717) is 5.56 Å². The summed E-state index contributed by atoms with van der Waals surface area (Å²) >= 11 is 11.5. The van der Waals surface area contributed by atoms with Crippen LogP contribution in [-0.2, 0) is 6.54 Å². The lowest BCUT2D eigenvalue weighted by molar-refractivity contribution is 0.0783. The average molecular weight is 314 g/mol. The maximum atomic E-state index is 13.6. The third-order valence-corrected chi connectivity index (χ3v) is 3.13. The molecule has 2 rings (SSSR count). The Labute approximate surface area is 125 Å². The highest BCUT2D eigenvalue weighted by atomic mass is 35.5. The van der Waals surface area contributed by atoms with Gasteiger partial charge >= 0.3 is 0 Å². The summed E-state index contributed by atoms with van der Waals surface area (Å²) in [6, 6.07) is 7.57. The lowest BCUT2D eigenvalue weighted by Gasteiger charge is -2.18. The highest BCUT2D eigenvalue weighted by Gasteiger charge is 2.18. The predicted molar refractivity (Wildman–Crippen MR) is 74.2 cm³/mol. The van der Waals surface area contributed by atoms with Crippen molar-refractivity contribution in [3.05, 3.63) is 57.6 Å². The second kappa shape index (κ2) is 6.15. The number of benzene rings is 1. The van der Waals surface area contributed by atoms with Gasteiger partial charge in [0.2, 0.25) is 0 Å². The van der Waals surface area contributed by atoms with Crippen molar-refractivity contribution in [2.24, 2.45) is 0 Å². The third-order valence-electron chi connectivity index (χ3n) is 2.66. The third kappa shape index (κ3) is 3.23. The Morgan fingerprint density at radius 2 is 2.00 bits per heavy atom. The summed E-state index contributed by atoms with van der Waals surface area (Å²) in [5.41, 5.74) is 0.540. The number of carbonyl (C=O) groups excluding carboxylic acids is 1. The second-order valence-corrected chi connectivity index (χ2v) is 4.87. The van der Waals surface area contributed by atoms with E-state index in [-0.39, 0.29) is 28.2 Å². The molecule has 7 heteroatoms. The van der Waals surface area contributed by atoms with E-state index in [9.17, 15) is 9.18 Å². The Kier molecular flexibility index (Phi) is 4.52. The molecule has 2 aromatic rings. The predicted octanol–water partition coefficient (Wildman–Crippen LogP) is 3.19. The highest BCUT2D eigenvalue weighted by Crippen LogP contribution is 2.18. The number of amides is 1. The minimum Gasteiger partial charge on any atom is -0.337 e. The Morgan fingerprint density at radius 1 is 1.30 bits per heavy atom. The fraction of sp³-hybridized carbons (Fsp3) is 0.154. The first kappa shape index (κ1) is 14.7. The maximum Gasteiger partial charge on any atom is 0.257 e. The van der Waals surface area contributed by atoms with Crippen molar-refractivity contribution in [3.63, 3.8) is 0 Å². The Hall–Kier alpha value is -1.72. The molecule has 1 aromatic heterocycles.